The molecule has 0 aliphatic rings. The van der Waals surface area contributed by atoms with Crippen LogP contribution in [-0.4, -0.2) is 19.2 Å². The molecule has 0 fully saturated rings. The summed E-state index contributed by atoms with van der Waals surface area (Å²) in [4.78, 5) is 12.9. The lowest BCUT2D eigenvalue weighted by Gasteiger charge is -2.07. The van der Waals surface area contributed by atoms with Crippen molar-refractivity contribution in [3.8, 4) is 35.8 Å². The van der Waals surface area contributed by atoms with Crippen molar-refractivity contribution in [2.75, 3.05) is 13.2 Å². The summed E-state index contributed by atoms with van der Waals surface area (Å²) in [6.45, 7) is 4.08. The second-order valence-corrected chi connectivity index (χ2v) is 7.75. The number of carbonyl (C=O) groups excluding carboxylic acids is 1. The fourth-order valence-electron chi connectivity index (χ4n) is 3.16. The van der Waals surface area contributed by atoms with E-state index in [4.69, 9.17) is 20.0 Å². The molecule has 7 heteroatoms. The van der Waals surface area contributed by atoms with E-state index in [-0.39, 0.29) is 23.3 Å². The van der Waals surface area contributed by atoms with E-state index >= 15 is 0 Å². The molecule has 0 heterocycles. The Morgan fingerprint density at radius 2 is 1.26 bits per heavy atom. The number of hydrogen-bond donors (Lipinski definition) is 0. The van der Waals surface area contributed by atoms with Crippen LogP contribution in [0.2, 0.25) is 0 Å². The molecule has 38 heavy (non-hydrogen) atoms. The van der Waals surface area contributed by atoms with Crippen molar-refractivity contribution in [3.05, 3.63) is 118 Å². The van der Waals surface area contributed by atoms with Crippen LogP contribution >= 0.6 is 0 Å². The third kappa shape index (κ3) is 7.56. The predicted molar refractivity (Wildman–Crippen MR) is 136 cm³/mol. The predicted octanol–water partition coefficient (Wildman–Crippen LogP) is 5.60. The summed E-state index contributed by atoms with van der Waals surface area (Å²) in [5, 5.41) is 17.8. The van der Waals surface area contributed by atoms with Gasteiger partial charge in [0.05, 0.1) is 36.2 Å². The van der Waals surface area contributed by atoms with Gasteiger partial charge >= 0.3 is 5.97 Å². The molecule has 0 aliphatic heterocycles. The van der Waals surface area contributed by atoms with E-state index in [9.17, 15) is 13.6 Å². The molecule has 0 aromatic heterocycles. The summed E-state index contributed by atoms with van der Waals surface area (Å²) >= 11 is 0. The molecule has 0 radical (unpaired) electrons. The largest absolute Gasteiger partial charge is 0.502 e. The quantitative estimate of drug-likeness (QED) is 0.180. The molecule has 0 bridgehead atoms. The number of esters is 1. The minimum atomic E-state index is -0.691. The van der Waals surface area contributed by atoms with E-state index < -0.39 is 17.6 Å². The molecule has 0 N–H and O–H groups in total. The minimum Gasteiger partial charge on any atom is -0.502 e. The highest BCUT2D eigenvalue weighted by Crippen LogP contribution is 2.15. The molecule has 3 aromatic rings. The van der Waals surface area contributed by atoms with Gasteiger partial charge in [-0.25, -0.2) is 13.6 Å². The van der Waals surface area contributed by atoms with Gasteiger partial charge in [-0.1, -0.05) is 30.3 Å². The van der Waals surface area contributed by atoms with E-state index in [1.165, 1.54) is 36.6 Å². The average Bonchev–Trinajstić information content (AvgIpc) is 2.93. The maximum absolute atomic E-state index is 13.9. The molecule has 0 spiro atoms. The van der Waals surface area contributed by atoms with E-state index in [1.54, 1.807) is 24.3 Å². The van der Waals surface area contributed by atoms with Crippen molar-refractivity contribution >= 4 is 5.97 Å². The number of rotatable bonds is 7. The monoisotopic (exact) mass is 506 g/mol. The molecule has 3 aromatic carbocycles. The zero-order valence-corrected chi connectivity index (χ0v) is 20.2. The van der Waals surface area contributed by atoms with E-state index in [2.05, 4.69) is 30.3 Å². The third-order valence-electron chi connectivity index (χ3n) is 5.12. The Bertz CT molecular complexity index is 1580. The topological polar surface area (TPSA) is 83.1 Å². The van der Waals surface area contributed by atoms with Gasteiger partial charge in [-0.2, -0.15) is 10.5 Å². The summed E-state index contributed by atoms with van der Waals surface area (Å²) in [5.74, 6) is 9.35. The first kappa shape index (κ1) is 27.2. The molecular formula is C31H20F2N2O3. The maximum atomic E-state index is 13.9. The summed E-state index contributed by atoms with van der Waals surface area (Å²) < 4.78 is 38.3. The van der Waals surface area contributed by atoms with Crippen LogP contribution in [0.1, 0.15) is 56.6 Å². The fourth-order valence-corrected chi connectivity index (χ4v) is 3.16. The van der Waals surface area contributed by atoms with Crippen LogP contribution in [0, 0.1) is 58.0 Å². The standard InChI is InChI=1S/C31H20F2N2O3/c1-2-37-15-3-4-16-38-31(36)28-17-22(5-6-23-9-13-26(20-34)29(32)18-23)7-11-25(28)12-8-24-10-14-27(21-35)30(33)19-24/h2,7,9-11,13-14,17-19H,1,3-4,15-16H2. The number of nitrogens with zero attached hydrogens (tertiary/aromatic N) is 2. The van der Waals surface area contributed by atoms with Crippen LogP contribution in [0.5, 0.6) is 0 Å². The Hall–Kier alpha value is -5.37. The lowest BCUT2D eigenvalue weighted by atomic mass is 10.0. The molecule has 186 valence electrons. The second kappa shape index (κ2) is 13.6. The van der Waals surface area contributed by atoms with E-state index in [0.717, 1.165) is 12.1 Å². The molecule has 0 saturated heterocycles. The summed E-state index contributed by atoms with van der Waals surface area (Å²) in [5.41, 5.74) is 1.46. The highest BCUT2D eigenvalue weighted by molar-refractivity contribution is 5.93. The van der Waals surface area contributed by atoms with Gasteiger partial charge < -0.3 is 9.47 Å². The molecule has 3 rings (SSSR count). The summed E-state index contributed by atoms with van der Waals surface area (Å²) in [6, 6.07) is 16.2. The van der Waals surface area contributed by atoms with Crippen molar-refractivity contribution < 1.29 is 23.0 Å². The number of benzene rings is 3. The summed E-state index contributed by atoms with van der Waals surface area (Å²) in [7, 11) is 0. The number of nitriles is 2. The van der Waals surface area contributed by atoms with Gasteiger partial charge in [-0.05, 0) is 67.4 Å². The average molecular weight is 507 g/mol. The Morgan fingerprint density at radius 3 is 1.79 bits per heavy atom. The highest BCUT2D eigenvalue weighted by Gasteiger charge is 2.13. The van der Waals surface area contributed by atoms with Crippen LogP contribution in [0.4, 0.5) is 8.78 Å². The lowest BCUT2D eigenvalue weighted by Crippen LogP contribution is -2.09. The van der Waals surface area contributed by atoms with Crippen LogP contribution in [0.3, 0.4) is 0 Å². The van der Waals surface area contributed by atoms with E-state index in [1.807, 2.05) is 0 Å². The van der Waals surface area contributed by atoms with Crippen molar-refractivity contribution in [2.24, 2.45) is 0 Å². The number of halogens is 2. The van der Waals surface area contributed by atoms with Crippen molar-refractivity contribution in [1.82, 2.24) is 0 Å². The van der Waals surface area contributed by atoms with Crippen molar-refractivity contribution in [1.29, 1.82) is 10.5 Å². The Kier molecular flexibility index (Phi) is 9.78. The highest BCUT2D eigenvalue weighted by atomic mass is 19.1. The first-order chi connectivity index (χ1) is 18.4. The number of unbranched alkanes of at least 4 members (excludes halogenated alkanes) is 1. The Labute approximate surface area is 219 Å². The molecule has 0 amide bonds. The van der Waals surface area contributed by atoms with Crippen molar-refractivity contribution in [3.63, 3.8) is 0 Å². The van der Waals surface area contributed by atoms with Gasteiger partial charge in [0.25, 0.3) is 0 Å². The fraction of sp³-hybridized carbons (Fsp3) is 0.129. The molecule has 0 atom stereocenters. The first-order valence-electron chi connectivity index (χ1n) is 11.4. The van der Waals surface area contributed by atoms with Gasteiger partial charge in [0.1, 0.15) is 23.8 Å². The SMILES string of the molecule is C=COCCCCOC(=O)c1cc(C#Cc2ccc(C#N)c(F)c2)ccc1C#Cc1ccc(C#N)c(F)c1. The van der Waals surface area contributed by atoms with Crippen molar-refractivity contribution in [2.45, 2.75) is 12.8 Å². The van der Waals surface area contributed by atoms with Crippen LogP contribution in [0.15, 0.2) is 67.4 Å². The smallest absolute Gasteiger partial charge is 0.339 e. The summed E-state index contributed by atoms with van der Waals surface area (Å²) in [6.07, 6.45) is 2.59. The Balaban J connectivity index is 1.89. The molecule has 5 nitrogen and oxygen atoms in total. The molecule has 0 saturated carbocycles. The third-order valence-corrected chi connectivity index (χ3v) is 5.12. The van der Waals surface area contributed by atoms with Gasteiger partial charge in [-0.3, -0.25) is 0 Å². The van der Waals surface area contributed by atoms with Gasteiger partial charge in [0, 0.05) is 22.3 Å². The normalized spacial score (nSPS) is 9.47. The number of ether oxygens (including phenoxy) is 2. The Morgan fingerprint density at radius 1 is 0.763 bits per heavy atom. The van der Waals surface area contributed by atoms with Gasteiger partial charge in [0.2, 0.25) is 0 Å². The van der Waals surface area contributed by atoms with Crippen LogP contribution in [0.25, 0.3) is 0 Å². The number of carbonyl (C=O) groups is 1. The zero-order valence-electron chi connectivity index (χ0n) is 20.2. The zero-order chi connectivity index (χ0) is 27.3. The van der Waals surface area contributed by atoms with Crippen LogP contribution in [-0.2, 0) is 9.47 Å². The molecule has 0 aliphatic carbocycles. The van der Waals surface area contributed by atoms with Crippen LogP contribution < -0.4 is 0 Å². The molecule has 0 unspecified atom stereocenters. The first-order valence-corrected chi connectivity index (χ1v) is 11.4. The second-order valence-electron chi connectivity index (χ2n) is 7.75. The maximum Gasteiger partial charge on any atom is 0.339 e. The lowest BCUT2D eigenvalue weighted by molar-refractivity contribution is 0.0491. The van der Waals surface area contributed by atoms with Gasteiger partial charge in [-0.15, -0.1) is 0 Å². The minimum absolute atomic E-state index is 0.0818. The van der Waals surface area contributed by atoms with E-state index in [0.29, 0.717) is 41.7 Å². The van der Waals surface area contributed by atoms with Gasteiger partial charge in [0.15, 0.2) is 0 Å². The number of hydrogen-bond acceptors (Lipinski definition) is 5. The molecular weight excluding hydrogens is 486 g/mol.